The number of hydrogen-bond donors (Lipinski definition) is 2. The lowest BCUT2D eigenvalue weighted by Crippen LogP contribution is -3.27. The van der Waals surface area contributed by atoms with Gasteiger partial charge in [0.2, 0.25) is 0 Å². The van der Waals surface area contributed by atoms with E-state index in [-0.39, 0.29) is 0 Å². The Morgan fingerprint density at radius 3 is 1.54 bits per heavy atom. The summed E-state index contributed by atoms with van der Waals surface area (Å²) in [5.41, 5.74) is 2.65. The van der Waals surface area contributed by atoms with Crippen molar-refractivity contribution in [3.05, 3.63) is 53.6 Å². The first-order chi connectivity index (χ1) is 12.7. The molecule has 2 aromatic carbocycles. The zero-order valence-corrected chi connectivity index (χ0v) is 16.0. The molecule has 1 aliphatic rings. The van der Waals surface area contributed by atoms with Gasteiger partial charge < -0.3 is 24.0 Å². The first-order valence-electron chi connectivity index (χ1n) is 9.22. The van der Waals surface area contributed by atoms with Crippen LogP contribution >= 0.6 is 0 Å². The Hall–Kier alpha value is -2.24. The van der Waals surface area contributed by atoms with Crippen LogP contribution in [0.25, 0.3) is 0 Å². The summed E-state index contributed by atoms with van der Waals surface area (Å²) in [5, 5.41) is 0. The molecule has 0 unspecified atom stereocenters. The molecule has 26 heavy (non-hydrogen) atoms. The Morgan fingerprint density at radius 1 is 0.615 bits per heavy atom. The Bertz CT molecular complexity index is 673. The summed E-state index contributed by atoms with van der Waals surface area (Å²) < 4.78 is 16.0. The number of ether oxygens (including phenoxy) is 3. The molecule has 0 atom stereocenters. The lowest BCUT2D eigenvalue weighted by atomic mass is 10.1. The molecule has 1 fully saturated rings. The van der Waals surface area contributed by atoms with Crippen LogP contribution < -0.4 is 24.0 Å². The van der Waals surface area contributed by atoms with Crippen molar-refractivity contribution in [2.45, 2.75) is 13.1 Å². The average molecular weight is 358 g/mol. The van der Waals surface area contributed by atoms with Gasteiger partial charge in [0.05, 0.1) is 21.3 Å². The van der Waals surface area contributed by atoms with Gasteiger partial charge in [0.15, 0.2) is 0 Å². The second-order valence-electron chi connectivity index (χ2n) is 6.92. The van der Waals surface area contributed by atoms with Gasteiger partial charge in [0.1, 0.15) is 56.5 Å². The Balaban J connectivity index is 1.52. The molecular formula is C21H30N2O3+2. The Labute approximate surface area is 156 Å². The summed E-state index contributed by atoms with van der Waals surface area (Å²) in [6.07, 6.45) is 0. The highest BCUT2D eigenvalue weighted by molar-refractivity contribution is 5.38. The zero-order valence-electron chi connectivity index (χ0n) is 16.0. The van der Waals surface area contributed by atoms with E-state index in [1.165, 1.54) is 37.3 Å². The van der Waals surface area contributed by atoms with E-state index >= 15 is 0 Å². The first-order valence-corrected chi connectivity index (χ1v) is 9.22. The third-order valence-corrected chi connectivity index (χ3v) is 5.14. The molecule has 0 saturated carbocycles. The zero-order chi connectivity index (χ0) is 18.4. The minimum Gasteiger partial charge on any atom is -0.497 e. The molecule has 0 aromatic heterocycles. The van der Waals surface area contributed by atoms with Crippen LogP contribution in [0.4, 0.5) is 0 Å². The number of quaternary nitrogens is 2. The van der Waals surface area contributed by atoms with Crippen molar-refractivity contribution in [1.29, 1.82) is 0 Å². The van der Waals surface area contributed by atoms with E-state index in [2.05, 4.69) is 24.3 Å². The van der Waals surface area contributed by atoms with Crippen LogP contribution in [-0.2, 0) is 13.1 Å². The summed E-state index contributed by atoms with van der Waals surface area (Å²) >= 11 is 0. The van der Waals surface area contributed by atoms with Crippen LogP contribution in [0.3, 0.4) is 0 Å². The van der Waals surface area contributed by atoms with Gasteiger partial charge >= 0.3 is 0 Å². The van der Waals surface area contributed by atoms with Gasteiger partial charge in [-0.1, -0.05) is 0 Å². The molecule has 3 rings (SSSR count). The third kappa shape index (κ3) is 4.90. The van der Waals surface area contributed by atoms with Gasteiger partial charge in [-0.3, -0.25) is 0 Å². The smallest absolute Gasteiger partial charge is 0.127 e. The quantitative estimate of drug-likeness (QED) is 0.742. The molecule has 0 aliphatic carbocycles. The molecule has 2 N–H and O–H groups in total. The van der Waals surface area contributed by atoms with Crippen LogP contribution in [0.5, 0.6) is 17.2 Å². The van der Waals surface area contributed by atoms with Crippen molar-refractivity contribution in [3.63, 3.8) is 0 Å². The van der Waals surface area contributed by atoms with Crippen LogP contribution in [-0.4, -0.2) is 47.5 Å². The molecular weight excluding hydrogens is 328 g/mol. The molecule has 2 aromatic rings. The number of rotatable bonds is 7. The van der Waals surface area contributed by atoms with Crippen molar-refractivity contribution in [2.24, 2.45) is 0 Å². The topological polar surface area (TPSA) is 36.6 Å². The SMILES string of the molecule is COc1ccc(C[NH+]2CC[NH+](Cc3cc(OC)cc(OC)c3)CC2)cc1. The van der Waals surface area contributed by atoms with Crippen molar-refractivity contribution in [3.8, 4) is 17.2 Å². The molecule has 1 aliphatic heterocycles. The van der Waals surface area contributed by atoms with Crippen molar-refractivity contribution in [1.82, 2.24) is 0 Å². The maximum Gasteiger partial charge on any atom is 0.127 e. The summed E-state index contributed by atoms with van der Waals surface area (Å²) in [4.78, 5) is 3.28. The normalized spacial score (nSPS) is 19.8. The molecule has 5 nitrogen and oxygen atoms in total. The monoisotopic (exact) mass is 358 g/mol. The first kappa shape index (κ1) is 18.5. The molecule has 0 spiro atoms. The van der Waals surface area contributed by atoms with Gasteiger partial charge in [-0.2, -0.15) is 0 Å². The highest BCUT2D eigenvalue weighted by Crippen LogP contribution is 2.21. The van der Waals surface area contributed by atoms with Crippen LogP contribution in [0, 0.1) is 0 Å². The fraction of sp³-hybridized carbons (Fsp3) is 0.429. The fourth-order valence-electron chi connectivity index (χ4n) is 3.60. The van der Waals surface area contributed by atoms with E-state index < -0.39 is 0 Å². The van der Waals surface area contributed by atoms with E-state index in [0.717, 1.165) is 30.3 Å². The van der Waals surface area contributed by atoms with E-state index in [1.807, 2.05) is 18.2 Å². The molecule has 0 radical (unpaired) electrons. The van der Waals surface area contributed by atoms with Gasteiger partial charge in [0.25, 0.3) is 0 Å². The summed E-state index contributed by atoms with van der Waals surface area (Å²) in [6.45, 7) is 6.87. The van der Waals surface area contributed by atoms with Crippen molar-refractivity contribution in [2.75, 3.05) is 47.5 Å². The van der Waals surface area contributed by atoms with Crippen LogP contribution in [0.2, 0.25) is 0 Å². The van der Waals surface area contributed by atoms with Gasteiger partial charge in [0, 0.05) is 17.2 Å². The van der Waals surface area contributed by atoms with E-state index in [0.29, 0.717) is 0 Å². The van der Waals surface area contributed by atoms with E-state index in [9.17, 15) is 0 Å². The highest BCUT2D eigenvalue weighted by atomic mass is 16.5. The summed E-state index contributed by atoms with van der Waals surface area (Å²) in [7, 11) is 5.11. The third-order valence-electron chi connectivity index (χ3n) is 5.14. The molecule has 140 valence electrons. The number of benzene rings is 2. The molecule has 0 bridgehead atoms. The van der Waals surface area contributed by atoms with Gasteiger partial charge in [-0.25, -0.2) is 0 Å². The van der Waals surface area contributed by atoms with Gasteiger partial charge in [-0.05, 0) is 36.4 Å². The fourth-order valence-corrected chi connectivity index (χ4v) is 3.60. The largest absolute Gasteiger partial charge is 0.497 e. The Morgan fingerprint density at radius 2 is 1.08 bits per heavy atom. The van der Waals surface area contributed by atoms with Crippen molar-refractivity contribution >= 4 is 0 Å². The number of nitrogens with one attached hydrogen (secondary N) is 2. The number of hydrogen-bond acceptors (Lipinski definition) is 3. The molecule has 1 heterocycles. The number of piperazine rings is 1. The standard InChI is InChI=1S/C21H28N2O3/c1-24-19-6-4-17(5-7-19)15-22-8-10-23(11-9-22)16-18-12-20(25-2)14-21(13-18)26-3/h4-7,12-14H,8-11,15-16H2,1-3H3/p+2. The maximum absolute atomic E-state index is 5.38. The number of methoxy groups -OCH3 is 3. The second kappa shape index (κ2) is 8.92. The summed E-state index contributed by atoms with van der Waals surface area (Å²) in [6, 6.07) is 14.6. The second-order valence-corrected chi connectivity index (χ2v) is 6.92. The lowest BCUT2D eigenvalue weighted by molar-refractivity contribution is -1.02. The van der Waals surface area contributed by atoms with Crippen molar-refractivity contribution < 1.29 is 24.0 Å². The Kier molecular flexibility index (Phi) is 6.36. The summed E-state index contributed by atoms with van der Waals surface area (Å²) in [5.74, 6) is 2.65. The molecule has 0 amide bonds. The van der Waals surface area contributed by atoms with Crippen LogP contribution in [0.1, 0.15) is 11.1 Å². The minimum absolute atomic E-state index is 0.863. The van der Waals surface area contributed by atoms with E-state index in [1.54, 1.807) is 31.1 Å². The predicted molar refractivity (Wildman–Crippen MR) is 101 cm³/mol. The maximum atomic E-state index is 5.38. The highest BCUT2D eigenvalue weighted by Gasteiger charge is 2.23. The minimum atomic E-state index is 0.863. The van der Waals surface area contributed by atoms with E-state index in [4.69, 9.17) is 14.2 Å². The molecule has 1 saturated heterocycles. The average Bonchev–Trinajstić information content (AvgIpc) is 2.69. The molecule has 5 heteroatoms. The van der Waals surface area contributed by atoms with Crippen LogP contribution in [0.15, 0.2) is 42.5 Å². The van der Waals surface area contributed by atoms with Gasteiger partial charge in [-0.15, -0.1) is 0 Å². The lowest BCUT2D eigenvalue weighted by Gasteiger charge is -2.30. The predicted octanol–water partition coefficient (Wildman–Crippen LogP) is 0.196.